The van der Waals surface area contributed by atoms with Crippen molar-refractivity contribution in [2.45, 2.75) is 76.5 Å². The van der Waals surface area contributed by atoms with Crippen molar-refractivity contribution in [1.82, 2.24) is 0 Å². The van der Waals surface area contributed by atoms with E-state index in [2.05, 4.69) is 57.9 Å². The second-order valence-corrected chi connectivity index (χ2v) is 14.7. The lowest BCUT2D eigenvalue weighted by Crippen LogP contribution is -2.68. The fraction of sp³-hybridized carbons (Fsp3) is 0.500. The van der Waals surface area contributed by atoms with Gasteiger partial charge in [0.05, 0.1) is 19.8 Å². The van der Waals surface area contributed by atoms with Crippen molar-refractivity contribution in [2.75, 3.05) is 19.8 Å². The summed E-state index contributed by atoms with van der Waals surface area (Å²) in [5, 5.41) is 2.09. The number of ether oxygens (including phenoxy) is 3. The lowest BCUT2D eigenvalue weighted by Gasteiger charge is -2.44. The topological polar surface area (TPSA) is 54.0 Å². The normalized spacial score (nSPS) is 20.0. The molecule has 194 valence electrons. The zero-order valence-corrected chi connectivity index (χ0v) is 23.1. The molecule has 2 aromatic carbocycles. The number of hydrogen-bond donors (Lipinski definition) is 0. The van der Waals surface area contributed by atoms with Crippen molar-refractivity contribution in [3.8, 4) is 12.3 Å². The average Bonchev–Trinajstić information content (AvgIpc) is 3.27. The van der Waals surface area contributed by atoms with E-state index in [9.17, 15) is 4.79 Å². The third-order valence-corrected chi connectivity index (χ3v) is 11.9. The number of rotatable bonds is 11. The Hall–Kier alpha value is -2.59. The molecule has 0 spiro atoms. The fourth-order valence-corrected chi connectivity index (χ4v) is 9.54. The second-order valence-electron chi connectivity index (χ2n) is 10.4. The molecule has 3 rings (SSSR count). The summed E-state index contributed by atoms with van der Waals surface area (Å²) >= 11 is 0. The Labute approximate surface area is 217 Å². The van der Waals surface area contributed by atoms with E-state index in [1.165, 1.54) is 0 Å². The molecular weight excluding hydrogens is 468 g/mol. The first-order chi connectivity index (χ1) is 17.3. The Bertz CT molecular complexity index is 956. The maximum Gasteiger partial charge on any atom is 0.508 e. The second kappa shape index (κ2) is 12.6. The number of carbonyl (C=O) groups excluding carboxylic acids is 1. The van der Waals surface area contributed by atoms with Crippen LogP contribution in [-0.2, 0) is 18.6 Å². The van der Waals surface area contributed by atoms with E-state index >= 15 is 0 Å². The Morgan fingerprint density at radius 1 is 1.06 bits per heavy atom. The molecule has 0 aliphatic carbocycles. The molecule has 0 radical (unpaired) electrons. The molecule has 0 N–H and O–H groups in total. The van der Waals surface area contributed by atoms with E-state index in [0.29, 0.717) is 19.6 Å². The van der Waals surface area contributed by atoms with Crippen molar-refractivity contribution >= 4 is 24.8 Å². The van der Waals surface area contributed by atoms with E-state index in [0.717, 1.165) is 36.1 Å². The number of terminal acetylenes is 1. The molecule has 1 heterocycles. The van der Waals surface area contributed by atoms with Gasteiger partial charge in [0.1, 0.15) is 6.10 Å². The van der Waals surface area contributed by atoms with Crippen LogP contribution in [0.5, 0.6) is 0 Å². The molecule has 2 aromatic rings. The fourth-order valence-electron chi connectivity index (χ4n) is 4.95. The van der Waals surface area contributed by atoms with E-state index < -0.39 is 26.2 Å². The lowest BCUT2D eigenvalue weighted by atomic mass is 9.99. The summed E-state index contributed by atoms with van der Waals surface area (Å²) in [5.74, 6) is 2.79. The summed E-state index contributed by atoms with van der Waals surface area (Å²) in [4.78, 5) is 12.4. The largest absolute Gasteiger partial charge is 0.508 e. The standard InChI is InChI=1S/C30H40O5Si/c1-6-8-9-16-22-32-28(31)35-27-21-23-33-30(27,7-2)24-34-36(29(3,4)5,25-17-12-10-13-18-25)26-19-14-11-15-20-26/h2,10-15,17-20,27H,6,8-9,16,21-24H2,1,3-5H3. The molecule has 1 saturated heterocycles. The van der Waals surface area contributed by atoms with Crippen molar-refractivity contribution in [1.29, 1.82) is 0 Å². The molecule has 1 aliphatic heterocycles. The maximum atomic E-state index is 12.4. The van der Waals surface area contributed by atoms with Crippen LogP contribution in [0.25, 0.3) is 0 Å². The number of carbonyl (C=O) groups is 1. The van der Waals surface area contributed by atoms with E-state index in [1.807, 2.05) is 36.4 Å². The minimum atomic E-state index is -2.83. The summed E-state index contributed by atoms with van der Waals surface area (Å²) in [6.07, 6.45) is 9.29. The Kier molecular flexibility index (Phi) is 9.78. The number of unbranched alkanes of at least 4 members (excludes halogenated alkanes) is 3. The van der Waals surface area contributed by atoms with Crippen LogP contribution < -0.4 is 10.4 Å². The zero-order chi connectivity index (χ0) is 26.1. The molecule has 36 heavy (non-hydrogen) atoms. The van der Waals surface area contributed by atoms with Crippen LogP contribution in [0.15, 0.2) is 60.7 Å². The summed E-state index contributed by atoms with van der Waals surface area (Å²) in [5.41, 5.74) is -1.17. The molecule has 1 fully saturated rings. The molecule has 2 atom stereocenters. The summed E-state index contributed by atoms with van der Waals surface area (Å²) in [7, 11) is -2.83. The van der Waals surface area contributed by atoms with Gasteiger partial charge in [0.25, 0.3) is 8.32 Å². The lowest BCUT2D eigenvalue weighted by molar-refractivity contribution is -0.0643. The first-order valence-electron chi connectivity index (χ1n) is 13.0. The van der Waals surface area contributed by atoms with Gasteiger partial charge in [-0.2, -0.15) is 0 Å². The Morgan fingerprint density at radius 3 is 2.19 bits per heavy atom. The van der Waals surface area contributed by atoms with Gasteiger partial charge in [-0.25, -0.2) is 4.79 Å². The average molecular weight is 509 g/mol. The molecule has 0 amide bonds. The smallest absolute Gasteiger partial charge is 0.434 e. The molecule has 0 bridgehead atoms. The minimum absolute atomic E-state index is 0.116. The zero-order valence-electron chi connectivity index (χ0n) is 22.1. The molecule has 0 saturated carbocycles. The third-order valence-electron chi connectivity index (χ3n) is 6.88. The number of benzene rings is 2. The van der Waals surface area contributed by atoms with Gasteiger partial charge in [-0.15, -0.1) is 6.42 Å². The molecule has 5 nitrogen and oxygen atoms in total. The van der Waals surface area contributed by atoms with Crippen LogP contribution in [0.1, 0.15) is 59.8 Å². The Balaban J connectivity index is 1.85. The highest BCUT2D eigenvalue weighted by Crippen LogP contribution is 2.39. The predicted octanol–water partition coefficient (Wildman–Crippen LogP) is 5.46. The van der Waals surface area contributed by atoms with Crippen LogP contribution in [0.3, 0.4) is 0 Å². The summed E-state index contributed by atoms with van der Waals surface area (Å²) in [6, 6.07) is 20.7. The third kappa shape index (κ3) is 6.21. The highest BCUT2D eigenvalue weighted by Gasteiger charge is 2.54. The van der Waals surface area contributed by atoms with Crippen molar-refractivity contribution in [3.63, 3.8) is 0 Å². The van der Waals surface area contributed by atoms with Gasteiger partial charge in [0.15, 0.2) is 5.60 Å². The van der Waals surface area contributed by atoms with E-state index in [-0.39, 0.29) is 11.6 Å². The van der Waals surface area contributed by atoms with Gasteiger partial charge in [-0.3, -0.25) is 0 Å². The van der Waals surface area contributed by atoms with Crippen molar-refractivity contribution < 1.29 is 23.4 Å². The minimum Gasteiger partial charge on any atom is -0.434 e. The van der Waals surface area contributed by atoms with Gasteiger partial charge < -0.3 is 18.6 Å². The number of hydrogen-bond acceptors (Lipinski definition) is 5. The van der Waals surface area contributed by atoms with Gasteiger partial charge in [-0.1, -0.05) is 114 Å². The van der Waals surface area contributed by atoms with Crippen LogP contribution >= 0.6 is 0 Å². The quantitative estimate of drug-likeness (QED) is 0.175. The first-order valence-corrected chi connectivity index (χ1v) is 14.9. The van der Waals surface area contributed by atoms with Crippen molar-refractivity contribution in [3.05, 3.63) is 60.7 Å². The SMILES string of the molecule is C#CC1(CO[Si](c2ccccc2)(c2ccccc2)C(C)(C)C)OCCC1OC(=O)OCCCCCC. The van der Waals surface area contributed by atoms with Crippen LogP contribution in [0.4, 0.5) is 4.79 Å². The molecular formula is C30H40O5Si. The monoisotopic (exact) mass is 508 g/mol. The van der Waals surface area contributed by atoms with Gasteiger partial charge in [-0.05, 0) is 21.8 Å². The van der Waals surface area contributed by atoms with Crippen molar-refractivity contribution in [2.24, 2.45) is 0 Å². The van der Waals surface area contributed by atoms with Crippen LogP contribution in [-0.4, -0.2) is 46.0 Å². The molecule has 6 heteroatoms. The summed E-state index contributed by atoms with van der Waals surface area (Å²) < 4.78 is 24.1. The molecule has 1 aliphatic rings. The van der Waals surface area contributed by atoms with Crippen LogP contribution in [0.2, 0.25) is 5.04 Å². The summed E-state index contributed by atoms with van der Waals surface area (Å²) in [6.45, 7) is 9.62. The maximum absolute atomic E-state index is 12.4. The van der Waals surface area contributed by atoms with Crippen LogP contribution in [0, 0.1) is 12.3 Å². The first kappa shape index (κ1) is 28.0. The van der Waals surface area contributed by atoms with E-state index in [1.54, 1.807) is 0 Å². The predicted molar refractivity (Wildman–Crippen MR) is 146 cm³/mol. The Morgan fingerprint density at radius 2 is 1.67 bits per heavy atom. The van der Waals surface area contributed by atoms with Gasteiger partial charge in [0.2, 0.25) is 0 Å². The van der Waals surface area contributed by atoms with E-state index in [4.69, 9.17) is 25.1 Å². The highest BCUT2D eigenvalue weighted by atomic mass is 28.4. The van der Waals surface area contributed by atoms with Gasteiger partial charge >= 0.3 is 6.16 Å². The van der Waals surface area contributed by atoms with Gasteiger partial charge in [0, 0.05) is 6.42 Å². The highest BCUT2D eigenvalue weighted by molar-refractivity contribution is 6.99. The molecule has 0 aromatic heterocycles. The molecule has 2 unspecified atom stereocenters.